The van der Waals surface area contributed by atoms with Crippen LogP contribution in [-0.2, 0) is 0 Å². The Hall–Kier alpha value is -6.59. The predicted molar refractivity (Wildman–Crippen MR) is 195 cm³/mol. The molecule has 0 fully saturated rings. The number of rotatable bonds is 5. The minimum absolute atomic E-state index is 0.795. The molecule has 224 valence electrons. The molecule has 48 heavy (non-hydrogen) atoms. The standard InChI is InChI=1S/C43H27N5/c1-2-9-28(10-3-1)32-20-22-38(46-27-32)40-26-33(25-39(47-40)30-17-15-29(16-18-30)36-13-6-7-23-44-36)41-34-12-4-5-14-37(34)48-43-35(41)21-19-31-11-8-24-45-42(31)43/h1-27H. The fraction of sp³-hybridized carbons (Fsp3) is 0. The lowest BCUT2D eigenvalue weighted by molar-refractivity contribution is 1.25. The van der Waals surface area contributed by atoms with Crippen LogP contribution in [0.15, 0.2) is 164 Å². The van der Waals surface area contributed by atoms with Crippen molar-refractivity contribution in [3.8, 4) is 56.2 Å². The van der Waals surface area contributed by atoms with E-state index < -0.39 is 0 Å². The molecule has 0 saturated carbocycles. The van der Waals surface area contributed by atoms with E-state index in [4.69, 9.17) is 19.9 Å². The fourth-order valence-corrected chi connectivity index (χ4v) is 6.45. The summed E-state index contributed by atoms with van der Waals surface area (Å²) in [4.78, 5) is 24.6. The summed E-state index contributed by atoms with van der Waals surface area (Å²) in [5.41, 5.74) is 12.5. The maximum Gasteiger partial charge on any atom is 0.0978 e. The average Bonchev–Trinajstić information content (AvgIpc) is 3.17. The van der Waals surface area contributed by atoms with Crippen molar-refractivity contribution in [3.05, 3.63) is 164 Å². The topological polar surface area (TPSA) is 64.5 Å². The highest BCUT2D eigenvalue weighted by molar-refractivity contribution is 6.16. The Labute approximate surface area is 277 Å². The Morgan fingerprint density at radius 3 is 1.92 bits per heavy atom. The molecule has 0 aliphatic carbocycles. The summed E-state index contributed by atoms with van der Waals surface area (Å²) in [5.74, 6) is 0. The lowest BCUT2D eigenvalue weighted by atomic mass is 9.93. The van der Waals surface area contributed by atoms with Crippen molar-refractivity contribution >= 4 is 32.7 Å². The molecule has 5 heterocycles. The van der Waals surface area contributed by atoms with Gasteiger partial charge < -0.3 is 0 Å². The maximum absolute atomic E-state index is 5.21. The highest BCUT2D eigenvalue weighted by Crippen LogP contribution is 2.39. The highest BCUT2D eigenvalue weighted by atomic mass is 14.8. The van der Waals surface area contributed by atoms with Crippen molar-refractivity contribution in [2.24, 2.45) is 0 Å². The van der Waals surface area contributed by atoms with Crippen LogP contribution in [-0.4, -0.2) is 24.9 Å². The van der Waals surface area contributed by atoms with E-state index in [2.05, 4.69) is 102 Å². The van der Waals surface area contributed by atoms with E-state index in [1.807, 2.05) is 67.1 Å². The number of fused-ring (bicyclic) bond motifs is 4. The van der Waals surface area contributed by atoms with E-state index in [1.54, 1.807) is 0 Å². The van der Waals surface area contributed by atoms with Crippen LogP contribution < -0.4 is 0 Å². The number of nitrogens with zero attached hydrogens (tertiary/aromatic N) is 5. The zero-order chi connectivity index (χ0) is 31.9. The summed E-state index contributed by atoms with van der Waals surface area (Å²) in [7, 11) is 0. The quantitative estimate of drug-likeness (QED) is 0.143. The van der Waals surface area contributed by atoms with Crippen LogP contribution in [0.1, 0.15) is 0 Å². The molecule has 0 amide bonds. The van der Waals surface area contributed by atoms with Gasteiger partial charge in [-0.25, -0.2) is 9.97 Å². The van der Waals surface area contributed by atoms with Gasteiger partial charge in [0.1, 0.15) is 0 Å². The van der Waals surface area contributed by atoms with Crippen LogP contribution in [0.25, 0.3) is 88.9 Å². The van der Waals surface area contributed by atoms with Gasteiger partial charge in [0.25, 0.3) is 0 Å². The van der Waals surface area contributed by atoms with E-state index in [-0.39, 0.29) is 0 Å². The maximum atomic E-state index is 5.21. The molecule has 0 unspecified atom stereocenters. The molecule has 0 N–H and O–H groups in total. The number of hydrogen-bond acceptors (Lipinski definition) is 5. The van der Waals surface area contributed by atoms with Gasteiger partial charge in [-0.2, -0.15) is 0 Å². The van der Waals surface area contributed by atoms with Crippen molar-refractivity contribution in [1.82, 2.24) is 24.9 Å². The second-order valence-corrected chi connectivity index (χ2v) is 11.8. The first kappa shape index (κ1) is 27.7. The summed E-state index contributed by atoms with van der Waals surface area (Å²) >= 11 is 0. The number of aromatic nitrogens is 5. The summed E-state index contributed by atoms with van der Waals surface area (Å²) in [6, 6.07) is 49.9. The van der Waals surface area contributed by atoms with Gasteiger partial charge in [0.05, 0.1) is 39.3 Å². The van der Waals surface area contributed by atoms with Crippen LogP contribution in [0.3, 0.4) is 0 Å². The first-order valence-electron chi connectivity index (χ1n) is 15.9. The molecule has 0 bridgehead atoms. The van der Waals surface area contributed by atoms with Crippen molar-refractivity contribution in [3.63, 3.8) is 0 Å². The molecule has 5 heteroatoms. The van der Waals surface area contributed by atoms with Crippen molar-refractivity contribution < 1.29 is 0 Å². The van der Waals surface area contributed by atoms with Gasteiger partial charge in [0, 0.05) is 57.0 Å². The minimum Gasteiger partial charge on any atom is -0.256 e. The molecule has 0 spiro atoms. The van der Waals surface area contributed by atoms with E-state index in [9.17, 15) is 0 Å². The fourth-order valence-electron chi connectivity index (χ4n) is 6.45. The summed E-state index contributed by atoms with van der Waals surface area (Å²) in [6.07, 6.45) is 5.58. The average molecular weight is 614 g/mol. The molecule has 0 aliphatic heterocycles. The van der Waals surface area contributed by atoms with Crippen LogP contribution in [0.5, 0.6) is 0 Å². The Bertz CT molecular complexity index is 2480. The Balaban J connectivity index is 1.27. The van der Waals surface area contributed by atoms with E-state index in [0.29, 0.717) is 0 Å². The summed E-state index contributed by atoms with van der Waals surface area (Å²) < 4.78 is 0. The zero-order valence-electron chi connectivity index (χ0n) is 25.8. The summed E-state index contributed by atoms with van der Waals surface area (Å²) in [5, 5.41) is 3.17. The van der Waals surface area contributed by atoms with Crippen LogP contribution >= 0.6 is 0 Å². The van der Waals surface area contributed by atoms with Gasteiger partial charge in [0.15, 0.2) is 0 Å². The Kier molecular flexibility index (Phi) is 6.72. The van der Waals surface area contributed by atoms with Gasteiger partial charge in [-0.15, -0.1) is 0 Å². The molecule has 0 radical (unpaired) electrons. The second kappa shape index (κ2) is 11.6. The first-order valence-corrected chi connectivity index (χ1v) is 15.9. The highest BCUT2D eigenvalue weighted by Gasteiger charge is 2.17. The summed E-state index contributed by atoms with van der Waals surface area (Å²) in [6.45, 7) is 0. The second-order valence-electron chi connectivity index (χ2n) is 11.8. The molecule has 9 rings (SSSR count). The Morgan fingerprint density at radius 1 is 0.354 bits per heavy atom. The lowest BCUT2D eigenvalue weighted by Gasteiger charge is -2.15. The molecular weight excluding hydrogens is 587 g/mol. The van der Waals surface area contributed by atoms with E-state index in [0.717, 1.165) is 88.9 Å². The molecule has 9 aromatic rings. The van der Waals surface area contributed by atoms with E-state index >= 15 is 0 Å². The van der Waals surface area contributed by atoms with Gasteiger partial charge in [-0.3, -0.25) is 15.0 Å². The molecule has 0 aliphatic rings. The van der Waals surface area contributed by atoms with Crippen LogP contribution in [0.2, 0.25) is 0 Å². The van der Waals surface area contributed by atoms with Crippen molar-refractivity contribution in [2.45, 2.75) is 0 Å². The normalized spacial score (nSPS) is 11.3. The number of hydrogen-bond donors (Lipinski definition) is 0. The molecule has 4 aromatic carbocycles. The number of benzene rings is 4. The van der Waals surface area contributed by atoms with Crippen LogP contribution in [0.4, 0.5) is 0 Å². The largest absolute Gasteiger partial charge is 0.256 e. The van der Waals surface area contributed by atoms with Crippen molar-refractivity contribution in [2.75, 3.05) is 0 Å². The smallest absolute Gasteiger partial charge is 0.0978 e. The number of para-hydroxylation sites is 1. The molecular formula is C43H27N5. The van der Waals surface area contributed by atoms with Gasteiger partial charge in [0.2, 0.25) is 0 Å². The third kappa shape index (κ3) is 4.95. The van der Waals surface area contributed by atoms with Crippen molar-refractivity contribution in [1.29, 1.82) is 0 Å². The van der Waals surface area contributed by atoms with Crippen LogP contribution in [0, 0.1) is 0 Å². The molecule has 0 saturated heterocycles. The minimum atomic E-state index is 0.795. The first-order chi connectivity index (χ1) is 23.8. The zero-order valence-corrected chi connectivity index (χ0v) is 25.8. The third-order valence-electron chi connectivity index (χ3n) is 8.81. The van der Waals surface area contributed by atoms with Gasteiger partial charge in [-0.05, 0) is 53.6 Å². The third-order valence-corrected chi connectivity index (χ3v) is 8.81. The monoisotopic (exact) mass is 613 g/mol. The number of pyridine rings is 5. The Morgan fingerprint density at radius 2 is 1.10 bits per heavy atom. The molecule has 5 nitrogen and oxygen atoms in total. The molecule has 5 aromatic heterocycles. The predicted octanol–water partition coefficient (Wildman–Crippen LogP) is 10.5. The SMILES string of the molecule is c1ccc(-c2ccc(-c3cc(-c4c5ccccc5nc5c4ccc4cccnc45)cc(-c4ccc(-c5ccccn5)cc4)n3)nc2)cc1. The molecule has 0 atom stereocenters. The van der Waals surface area contributed by atoms with E-state index in [1.165, 1.54) is 0 Å². The van der Waals surface area contributed by atoms with Gasteiger partial charge >= 0.3 is 0 Å². The van der Waals surface area contributed by atoms with Gasteiger partial charge in [-0.1, -0.05) is 103 Å². The lowest BCUT2D eigenvalue weighted by Crippen LogP contribution is -1.96.